The molecule has 1 aliphatic rings. The summed E-state index contributed by atoms with van der Waals surface area (Å²) in [4.78, 5) is 17.4. The lowest BCUT2D eigenvalue weighted by Crippen LogP contribution is -2.25. The summed E-state index contributed by atoms with van der Waals surface area (Å²) < 4.78 is 0.540. The number of carbonyl (C=O) groups is 1. The van der Waals surface area contributed by atoms with Crippen molar-refractivity contribution in [1.29, 1.82) is 0 Å². The van der Waals surface area contributed by atoms with E-state index in [1.165, 1.54) is 42.6 Å². The maximum atomic E-state index is 12.3. The summed E-state index contributed by atoms with van der Waals surface area (Å²) in [6, 6.07) is 7.55. The molecule has 1 aromatic carbocycles. The van der Waals surface area contributed by atoms with Crippen LogP contribution in [0.2, 0.25) is 4.47 Å². The van der Waals surface area contributed by atoms with Crippen LogP contribution in [0.3, 0.4) is 0 Å². The first-order valence-electron chi connectivity index (χ1n) is 8.61. The maximum Gasteiger partial charge on any atom is 0.251 e. The molecular weight excluding hydrogens is 354 g/mol. The average molecular weight is 376 g/mol. The number of halogens is 1. The van der Waals surface area contributed by atoms with Crippen LogP contribution in [-0.4, -0.2) is 17.4 Å². The maximum absolute atomic E-state index is 12.3. The van der Waals surface area contributed by atoms with Crippen LogP contribution < -0.4 is 10.6 Å². The highest BCUT2D eigenvalue weighted by Crippen LogP contribution is 2.20. The van der Waals surface area contributed by atoms with Gasteiger partial charge in [-0.05, 0) is 50.3 Å². The van der Waals surface area contributed by atoms with Gasteiger partial charge < -0.3 is 10.6 Å². The Morgan fingerprint density at radius 2 is 2.24 bits per heavy atom. The zero-order valence-corrected chi connectivity index (χ0v) is 15.6. The van der Waals surface area contributed by atoms with E-state index in [4.69, 9.17) is 11.6 Å². The molecule has 0 fully saturated rings. The van der Waals surface area contributed by atoms with Crippen LogP contribution in [0.4, 0.5) is 5.69 Å². The molecule has 0 saturated carbocycles. The van der Waals surface area contributed by atoms with Gasteiger partial charge in [0.25, 0.3) is 5.91 Å². The number of aromatic nitrogens is 1. The van der Waals surface area contributed by atoms with E-state index >= 15 is 0 Å². The first kappa shape index (κ1) is 18.0. The number of hydrogen-bond donors (Lipinski definition) is 2. The molecule has 0 bridgehead atoms. The Bertz CT molecular complexity index is 757. The minimum Gasteiger partial charge on any atom is -0.380 e. The minimum atomic E-state index is -0.0269. The largest absolute Gasteiger partial charge is 0.380 e. The van der Waals surface area contributed by atoms with E-state index < -0.39 is 0 Å². The molecule has 6 heteroatoms. The predicted molar refractivity (Wildman–Crippen MR) is 104 cm³/mol. The zero-order chi connectivity index (χ0) is 17.5. The number of benzene rings is 1. The number of anilines is 1. The Kier molecular flexibility index (Phi) is 6.48. The third-order valence-electron chi connectivity index (χ3n) is 4.23. The molecule has 1 aliphatic carbocycles. The van der Waals surface area contributed by atoms with Crippen LogP contribution in [0.1, 0.15) is 47.3 Å². The van der Waals surface area contributed by atoms with Crippen molar-refractivity contribution in [3.8, 4) is 0 Å². The van der Waals surface area contributed by atoms with Gasteiger partial charge in [0, 0.05) is 28.9 Å². The van der Waals surface area contributed by atoms with E-state index in [-0.39, 0.29) is 5.91 Å². The molecule has 1 heterocycles. The minimum absolute atomic E-state index is 0.0269. The van der Waals surface area contributed by atoms with Crippen molar-refractivity contribution in [3.05, 3.63) is 57.0 Å². The molecule has 25 heavy (non-hydrogen) atoms. The molecule has 0 radical (unpaired) electrons. The number of rotatable bonds is 7. The number of hydrogen-bond acceptors (Lipinski definition) is 4. The van der Waals surface area contributed by atoms with Gasteiger partial charge in [-0.1, -0.05) is 29.3 Å². The molecule has 1 amide bonds. The molecule has 0 spiro atoms. The summed E-state index contributed by atoms with van der Waals surface area (Å²) in [5, 5.41) is 6.32. The van der Waals surface area contributed by atoms with Crippen LogP contribution in [0.25, 0.3) is 0 Å². The van der Waals surface area contributed by atoms with Gasteiger partial charge in [-0.3, -0.25) is 4.79 Å². The van der Waals surface area contributed by atoms with Gasteiger partial charge in [0.1, 0.15) is 0 Å². The summed E-state index contributed by atoms with van der Waals surface area (Å²) in [6.07, 6.45) is 9.97. The molecule has 3 rings (SSSR count). The van der Waals surface area contributed by atoms with Gasteiger partial charge in [0.05, 0.1) is 6.54 Å². The van der Waals surface area contributed by atoms with Gasteiger partial charge in [-0.2, -0.15) is 0 Å². The number of carbonyl (C=O) groups excluding carboxylic acids is 1. The normalized spacial score (nSPS) is 14.0. The molecule has 132 valence electrons. The van der Waals surface area contributed by atoms with Crippen LogP contribution >= 0.6 is 22.9 Å². The first-order chi connectivity index (χ1) is 12.2. The van der Waals surface area contributed by atoms with E-state index in [0.29, 0.717) is 23.1 Å². The second kappa shape index (κ2) is 9.02. The summed E-state index contributed by atoms with van der Waals surface area (Å²) in [7, 11) is 0. The standard InChI is InChI=1S/C19H22ClN3OS/c20-19-23-13-17(25-19)12-22-16-8-4-7-15(11-16)18(24)21-10-9-14-5-2-1-3-6-14/h4-5,7-8,11,13,22H,1-3,6,9-10,12H2,(H,21,24). The van der Waals surface area contributed by atoms with Crippen LogP contribution in [0.5, 0.6) is 0 Å². The quantitative estimate of drug-likeness (QED) is 0.667. The van der Waals surface area contributed by atoms with Gasteiger partial charge in [0.15, 0.2) is 4.47 Å². The lowest BCUT2D eigenvalue weighted by molar-refractivity contribution is 0.0954. The Labute approximate surface area is 157 Å². The SMILES string of the molecule is O=C(NCCC1=CCCCC1)c1cccc(NCc2cnc(Cl)s2)c1. The van der Waals surface area contributed by atoms with Crippen molar-refractivity contribution >= 4 is 34.5 Å². The molecule has 1 aromatic heterocycles. The van der Waals surface area contributed by atoms with Crippen molar-refractivity contribution in [2.45, 2.75) is 38.6 Å². The van der Waals surface area contributed by atoms with Crippen molar-refractivity contribution in [1.82, 2.24) is 10.3 Å². The summed E-state index contributed by atoms with van der Waals surface area (Å²) in [5.74, 6) is -0.0269. The lowest BCUT2D eigenvalue weighted by atomic mass is 9.97. The van der Waals surface area contributed by atoms with E-state index in [0.717, 1.165) is 17.0 Å². The summed E-state index contributed by atoms with van der Waals surface area (Å²) >= 11 is 7.29. The third kappa shape index (κ3) is 5.58. The third-order valence-corrected chi connectivity index (χ3v) is 5.35. The van der Waals surface area contributed by atoms with E-state index in [2.05, 4.69) is 21.7 Å². The Morgan fingerprint density at radius 1 is 1.32 bits per heavy atom. The zero-order valence-electron chi connectivity index (χ0n) is 14.1. The number of nitrogens with zero attached hydrogens (tertiary/aromatic N) is 1. The topological polar surface area (TPSA) is 54.0 Å². The molecular formula is C19H22ClN3OS. The second-order valence-corrected chi connectivity index (χ2v) is 7.83. The number of thiazole rings is 1. The molecule has 0 aliphatic heterocycles. The average Bonchev–Trinajstić information content (AvgIpc) is 3.06. The fraction of sp³-hybridized carbons (Fsp3) is 0.368. The molecule has 2 N–H and O–H groups in total. The van der Waals surface area contributed by atoms with Crippen molar-refractivity contribution in [3.63, 3.8) is 0 Å². The Hall–Kier alpha value is -1.85. The number of nitrogens with one attached hydrogen (secondary N) is 2. The first-order valence-corrected chi connectivity index (χ1v) is 9.80. The predicted octanol–water partition coefficient (Wildman–Crippen LogP) is 5.03. The van der Waals surface area contributed by atoms with Crippen LogP contribution in [-0.2, 0) is 6.54 Å². The van der Waals surface area contributed by atoms with Crippen LogP contribution in [0.15, 0.2) is 42.1 Å². The van der Waals surface area contributed by atoms with Gasteiger partial charge in [-0.15, -0.1) is 11.3 Å². The lowest BCUT2D eigenvalue weighted by Gasteiger charge is -2.13. The summed E-state index contributed by atoms with van der Waals surface area (Å²) in [5.41, 5.74) is 3.06. The fourth-order valence-corrected chi connectivity index (χ4v) is 3.81. The molecule has 0 unspecified atom stereocenters. The van der Waals surface area contributed by atoms with Gasteiger partial charge in [0.2, 0.25) is 0 Å². The smallest absolute Gasteiger partial charge is 0.251 e. The molecule has 4 nitrogen and oxygen atoms in total. The molecule has 0 saturated heterocycles. The fourth-order valence-electron chi connectivity index (χ4n) is 2.90. The van der Waals surface area contributed by atoms with Crippen molar-refractivity contribution in [2.24, 2.45) is 0 Å². The highest BCUT2D eigenvalue weighted by Gasteiger charge is 2.08. The van der Waals surface area contributed by atoms with Crippen molar-refractivity contribution in [2.75, 3.05) is 11.9 Å². The van der Waals surface area contributed by atoms with Gasteiger partial charge in [-0.25, -0.2) is 4.98 Å². The van der Waals surface area contributed by atoms with E-state index in [1.54, 1.807) is 6.20 Å². The summed E-state index contributed by atoms with van der Waals surface area (Å²) in [6.45, 7) is 1.34. The number of allylic oxidation sites excluding steroid dienone is 1. The van der Waals surface area contributed by atoms with Crippen molar-refractivity contribution < 1.29 is 4.79 Å². The van der Waals surface area contributed by atoms with E-state index in [9.17, 15) is 4.79 Å². The van der Waals surface area contributed by atoms with Gasteiger partial charge >= 0.3 is 0 Å². The van der Waals surface area contributed by atoms with E-state index in [1.807, 2.05) is 24.3 Å². The molecule has 2 aromatic rings. The Morgan fingerprint density at radius 3 is 3.00 bits per heavy atom. The Balaban J connectivity index is 1.49. The monoisotopic (exact) mass is 375 g/mol. The van der Waals surface area contributed by atoms with Crippen LogP contribution in [0, 0.1) is 0 Å². The molecule has 0 atom stereocenters. The second-order valence-electron chi connectivity index (χ2n) is 6.13. The highest BCUT2D eigenvalue weighted by molar-refractivity contribution is 7.15. The highest BCUT2D eigenvalue weighted by atomic mass is 35.5. The number of amides is 1.